The van der Waals surface area contributed by atoms with Crippen LogP contribution in [0, 0.1) is 0 Å². The van der Waals surface area contributed by atoms with Crippen LogP contribution in [0.25, 0.3) is 0 Å². The van der Waals surface area contributed by atoms with Crippen molar-refractivity contribution < 1.29 is 24.3 Å². The average Bonchev–Trinajstić information content (AvgIpc) is 2.62. The lowest BCUT2D eigenvalue weighted by Crippen LogP contribution is -2.56. The van der Waals surface area contributed by atoms with Crippen LogP contribution in [0.1, 0.15) is 77.6 Å². The zero-order valence-corrected chi connectivity index (χ0v) is 19.6. The van der Waals surface area contributed by atoms with E-state index in [0.29, 0.717) is 10.9 Å². The third-order valence-electron chi connectivity index (χ3n) is 4.75. The Morgan fingerprint density at radius 3 is 1.97 bits per heavy atom. The maximum absolute atomic E-state index is 12.4. The Hall–Kier alpha value is -1.72. The highest BCUT2D eigenvalue weighted by molar-refractivity contribution is 5.90. The number of ketones is 1. The van der Waals surface area contributed by atoms with Crippen LogP contribution in [-0.4, -0.2) is 54.6 Å². The number of rotatable bonds is 18. The molecular weight excluding hydrogens is 378 g/mol. The number of aliphatic carboxylic acids is 1. The monoisotopic (exact) mass is 421 g/mol. The lowest BCUT2D eigenvalue weighted by Gasteiger charge is -2.34. The van der Waals surface area contributed by atoms with Gasteiger partial charge in [-0.05, 0) is 38.5 Å². The summed E-state index contributed by atoms with van der Waals surface area (Å²) in [5.41, 5.74) is -1.84. The van der Waals surface area contributed by atoms with Crippen molar-refractivity contribution in [2.45, 2.75) is 83.2 Å². The number of carbonyl (C=O) groups excluding carboxylic acids is 2. The lowest BCUT2D eigenvalue weighted by atomic mass is 9.89. The van der Waals surface area contributed by atoms with E-state index >= 15 is 0 Å². The molecule has 5 heteroatoms. The number of Topliss-reactive ketones (excluding diaryl/α,β-unsaturated/α-hetero) is 1. The molecule has 0 saturated carbocycles. The Balaban J connectivity index is 3.95. The molecule has 0 bridgehead atoms. The summed E-state index contributed by atoms with van der Waals surface area (Å²) < 4.78 is 0.314. The lowest BCUT2D eigenvalue weighted by molar-refractivity contribution is -0.875. The normalized spacial score (nSPS) is 14.7. The first-order valence-corrected chi connectivity index (χ1v) is 11.3. The van der Waals surface area contributed by atoms with Crippen molar-refractivity contribution in [1.82, 2.24) is 0 Å². The highest BCUT2D eigenvalue weighted by Crippen LogP contribution is 2.19. The maximum atomic E-state index is 12.4. The van der Waals surface area contributed by atoms with Crippen LogP contribution in [0.15, 0.2) is 36.5 Å². The SMILES string of the molecule is CC/C=C\C/C=C\C/C=C\CCCCCCCC(=O)C(O)(CC(=O)[O-])C[N+](C)(C)C. The van der Waals surface area contributed by atoms with Crippen molar-refractivity contribution in [1.29, 1.82) is 0 Å². The maximum Gasteiger partial charge on any atom is 0.177 e. The molecule has 0 aliphatic carbocycles. The van der Waals surface area contributed by atoms with E-state index in [0.717, 1.165) is 51.4 Å². The number of aliphatic hydroxyl groups is 1. The average molecular weight is 422 g/mol. The second kappa shape index (κ2) is 16.0. The molecule has 0 spiro atoms. The Bertz CT molecular complexity index is 572. The van der Waals surface area contributed by atoms with Crippen LogP contribution >= 0.6 is 0 Å². The first-order chi connectivity index (χ1) is 14.1. The second-order valence-electron chi connectivity index (χ2n) is 9.05. The molecule has 172 valence electrons. The van der Waals surface area contributed by atoms with E-state index in [9.17, 15) is 19.8 Å². The number of quaternary nitrogens is 1. The van der Waals surface area contributed by atoms with Gasteiger partial charge >= 0.3 is 0 Å². The molecule has 0 aromatic carbocycles. The number of allylic oxidation sites excluding steroid dienone is 6. The van der Waals surface area contributed by atoms with Crippen LogP contribution < -0.4 is 5.11 Å². The summed E-state index contributed by atoms with van der Waals surface area (Å²) >= 11 is 0. The second-order valence-corrected chi connectivity index (χ2v) is 9.05. The number of carbonyl (C=O) groups is 2. The first kappa shape index (κ1) is 28.3. The molecule has 0 rings (SSSR count). The predicted molar refractivity (Wildman–Crippen MR) is 122 cm³/mol. The van der Waals surface area contributed by atoms with Gasteiger partial charge in [0, 0.05) is 18.8 Å². The van der Waals surface area contributed by atoms with Gasteiger partial charge in [-0.1, -0.05) is 62.6 Å². The number of hydrogen-bond acceptors (Lipinski definition) is 4. The van der Waals surface area contributed by atoms with Crippen LogP contribution in [0.2, 0.25) is 0 Å². The molecule has 0 aliphatic rings. The van der Waals surface area contributed by atoms with E-state index in [1.54, 1.807) is 0 Å². The van der Waals surface area contributed by atoms with E-state index in [4.69, 9.17) is 0 Å². The Morgan fingerprint density at radius 2 is 1.40 bits per heavy atom. The first-order valence-electron chi connectivity index (χ1n) is 11.3. The van der Waals surface area contributed by atoms with Gasteiger partial charge in [0.1, 0.15) is 6.54 Å². The standard InChI is InChI=1S/C25H43NO4/c1-5-6-7-8-9-10-11-12-13-14-15-16-17-18-19-20-23(27)25(30,21-24(28)29)22-26(2,3)4/h6-7,9-10,12-13,30H,5,8,11,14-22H2,1-4H3/b7-6-,10-9-,13-12-. The minimum absolute atomic E-state index is 0.0662. The molecular formula is C25H43NO4. The number of unbranched alkanes of at least 4 members (excludes halogenated alkanes) is 5. The minimum Gasteiger partial charge on any atom is -0.550 e. The highest BCUT2D eigenvalue weighted by atomic mass is 16.4. The molecule has 1 unspecified atom stereocenters. The molecule has 0 aromatic rings. The van der Waals surface area contributed by atoms with Crippen molar-refractivity contribution in [3.05, 3.63) is 36.5 Å². The van der Waals surface area contributed by atoms with E-state index in [-0.39, 0.29) is 18.7 Å². The molecule has 0 saturated heterocycles. The van der Waals surface area contributed by atoms with E-state index in [1.165, 1.54) is 0 Å². The van der Waals surface area contributed by atoms with Crippen molar-refractivity contribution in [3.8, 4) is 0 Å². The fourth-order valence-electron chi connectivity index (χ4n) is 3.40. The largest absolute Gasteiger partial charge is 0.550 e. The number of likely N-dealkylation sites (N-methyl/N-ethyl adjacent to an activating group) is 1. The summed E-state index contributed by atoms with van der Waals surface area (Å²) in [5.74, 6) is -1.78. The van der Waals surface area contributed by atoms with Gasteiger partial charge in [0.15, 0.2) is 11.4 Å². The van der Waals surface area contributed by atoms with Gasteiger partial charge in [0.05, 0.1) is 21.1 Å². The van der Waals surface area contributed by atoms with Crippen molar-refractivity contribution in [2.75, 3.05) is 27.7 Å². The Kier molecular flexibility index (Phi) is 15.1. The molecule has 0 aliphatic heterocycles. The molecule has 0 heterocycles. The topological polar surface area (TPSA) is 77.4 Å². The van der Waals surface area contributed by atoms with Gasteiger partial charge in [-0.3, -0.25) is 4.79 Å². The molecule has 1 atom stereocenters. The zero-order chi connectivity index (χ0) is 22.9. The van der Waals surface area contributed by atoms with Gasteiger partial charge in [-0.15, -0.1) is 0 Å². The smallest absolute Gasteiger partial charge is 0.177 e. The number of carboxylic acid groups (broad SMARTS) is 1. The summed E-state index contributed by atoms with van der Waals surface area (Å²) in [5, 5.41) is 21.6. The number of carboxylic acids is 1. The Labute approximate surface area is 183 Å². The van der Waals surface area contributed by atoms with Crippen LogP contribution in [0.4, 0.5) is 0 Å². The van der Waals surface area contributed by atoms with Crippen LogP contribution in [0.5, 0.6) is 0 Å². The third-order valence-corrected chi connectivity index (χ3v) is 4.75. The number of nitrogens with zero attached hydrogens (tertiary/aromatic N) is 1. The zero-order valence-electron chi connectivity index (χ0n) is 19.6. The molecule has 0 radical (unpaired) electrons. The van der Waals surface area contributed by atoms with E-state index in [2.05, 4.69) is 43.4 Å². The van der Waals surface area contributed by atoms with Gasteiger partial charge in [-0.2, -0.15) is 0 Å². The van der Waals surface area contributed by atoms with Gasteiger partial charge in [-0.25, -0.2) is 0 Å². The summed E-state index contributed by atoms with van der Waals surface area (Å²) in [6, 6.07) is 0. The third kappa shape index (κ3) is 16.1. The molecule has 30 heavy (non-hydrogen) atoms. The van der Waals surface area contributed by atoms with Crippen molar-refractivity contribution in [3.63, 3.8) is 0 Å². The number of hydrogen-bond donors (Lipinski definition) is 1. The summed E-state index contributed by atoms with van der Waals surface area (Å²) in [7, 11) is 5.47. The minimum atomic E-state index is -1.84. The summed E-state index contributed by atoms with van der Waals surface area (Å²) in [6.07, 6.45) is 21.7. The predicted octanol–water partition coefficient (Wildman–Crippen LogP) is 3.72. The molecule has 5 nitrogen and oxygen atoms in total. The van der Waals surface area contributed by atoms with Gasteiger partial charge in [0.25, 0.3) is 0 Å². The van der Waals surface area contributed by atoms with Crippen molar-refractivity contribution in [2.24, 2.45) is 0 Å². The molecule has 0 aromatic heterocycles. The molecule has 0 amide bonds. The Morgan fingerprint density at radius 1 is 0.867 bits per heavy atom. The highest BCUT2D eigenvalue weighted by Gasteiger charge is 2.40. The van der Waals surface area contributed by atoms with Crippen molar-refractivity contribution >= 4 is 11.8 Å². The fraction of sp³-hybridized carbons (Fsp3) is 0.680. The van der Waals surface area contributed by atoms with E-state index < -0.39 is 18.0 Å². The molecule has 1 N–H and O–H groups in total. The summed E-state index contributed by atoms with van der Waals surface area (Å²) in [6.45, 7) is 2.20. The van der Waals surface area contributed by atoms with Crippen LogP contribution in [-0.2, 0) is 9.59 Å². The molecule has 0 fully saturated rings. The van der Waals surface area contributed by atoms with Gasteiger partial charge in [0.2, 0.25) is 0 Å². The summed E-state index contributed by atoms with van der Waals surface area (Å²) in [4.78, 5) is 23.4. The fourth-order valence-corrected chi connectivity index (χ4v) is 3.40. The van der Waals surface area contributed by atoms with Crippen LogP contribution in [0.3, 0.4) is 0 Å². The van der Waals surface area contributed by atoms with Gasteiger partial charge < -0.3 is 19.5 Å². The quantitative estimate of drug-likeness (QED) is 0.208. The van der Waals surface area contributed by atoms with E-state index in [1.807, 2.05) is 21.1 Å².